The first-order valence-corrected chi connectivity index (χ1v) is 4.52. The fourth-order valence-electron chi connectivity index (χ4n) is 1.32. The second kappa shape index (κ2) is 3.17. The summed E-state index contributed by atoms with van der Waals surface area (Å²) in [5.41, 5.74) is 2.67. The number of hydrogen-bond acceptors (Lipinski definition) is 3. The number of nitrogens with zero attached hydrogens (tertiary/aromatic N) is 2. The van der Waals surface area contributed by atoms with Crippen molar-refractivity contribution in [1.82, 2.24) is 9.97 Å². The fraction of sp³-hybridized carbons (Fsp3) is 0.400. The predicted molar refractivity (Wildman–Crippen MR) is 50.5 cm³/mol. The van der Waals surface area contributed by atoms with E-state index in [-0.39, 0.29) is 0 Å². The number of fused-ring (bicyclic) bond motifs is 1. The molecule has 2 heterocycles. The van der Waals surface area contributed by atoms with Crippen LogP contribution in [0.2, 0.25) is 0 Å². The van der Waals surface area contributed by atoms with E-state index in [1.165, 1.54) is 0 Å². The van der Waals surface area contributed by atoms with E-state index in [9.17, 15) is 0 Å². The van der Waals surface area contributed by atoms with E-state index in [1.54, 1.807) is 6.20 Å². The lowest BCUT2D eigenvalue weighted by Gasteiger charge is -1.87. The molecular weight excluding hydrogens is 164 g/mol. The Morgan fingerprint density at radius 1 is 1.46 bits per heavy atom. The smallest absolute Gasteiger partial charge is 0.247 e. The summed E-state index contributed by atoms with van der Waals surface area (Å²) in [6, 6.07) is 1.95. The normalized spacial score (nSPS) is 10.9. The highest BCUT2D eigenvalue weighted by Crippen LogP contribution is 2.16. The van der Waals surface area contributed by atoms with Crippen molar-refractivity contribution in [2.24, 2.45) is 0 Å². The van der Waals surface area contributed by atoms with Gasteiger partial charge in [0, 0.05) is 12.6 Å². The highest BCUT2D eigenvalue weighted by molar-refractivity contribution is 5.71. The summed E-state index contributed by atoms with van der Waals surface area (Å²) in [6.07, 6.45) is 3.68. The summed E-state index contributed by atoms with van der Waals surface area (Å²) in [6.45, 7) is 4.12. The molecule has 0 spiro atoms. The first-order valence-electron chi connectivity index (χ1n) is 4.52. The van der Waals surface area contributed by atoms with Crippen LogP contribution in [0.4, 0.5) is 0 Å². The second-order valence-corrected chi connectivity index (χ2v) is 3.14. The van der Waals surface area contributed by atoms with E-state index >= 15 is 0 Å². The second-order valence-electron chi connectivity index (χ2n) is 3.14. The molecule has 68 valence electrons. The molecule has 0 amide bonds. The van der Waals surface area contributed by atoms with Gasteiger partial charge >= 0.3 is 0 Å². The Labute approximate surface area is 76.8 Å². The average Bonchev–Trinajstić information content (AvgIpc) is 2.49. The van der Waals surface area contributed by atoms with Crippen LogP contribution in [0.1, 0.15) is 24.8 Å². The Kier molecular flexibility index (Phi) is 2.00. The Morgan fingerprint density at radius 2 is 2.31 bits per heavy atom. The van der Waals surface area contributed by atoms with E-state index in [1.807, 2.05) is 13.0 Å². The Morgan fingerprint density at radius 3 is 3.00 bits per heavy atom. The van der Waals surface area contributed by atoms with Crippen LogP contribution in [0.3, 0.4) is 0 Å². The quantitative estimate of drug-likeness (QED) is 0.705. The third kappa shape index (κ3) is 1.41. The molecule has 13 heavy (non-hydrogen) atoms. The van der Waals surface area contributed by atoms with Gasteiger partial charge in [0.15, 0.2) is 5.89 Å². The van der Waals surface area contributed by atoms with Crippen molar-refractivity contribution in [3.63, 3.8) is 0 Å². The van der Waals surface area contributed by atoms with Crippen LogP contribution < -0.4 is 0 Å². The molecular formula is C10H12N2O. The fourth-order valence-corrected chi connectivity index (χ4v) is 1.32. The standard InChI is InChI=1S/C10H12N2O/c1-3-4-8-12-9-7(2)5-6-11-10(9)13-8/h5-6H,3-4H2,1-2H3. The number of aryl methyl sites for hydroxylation is 2. The van der Waals surface area contributed by atoms with Crippen LogP contribution >= 0.6 is 0 Å². The highest BCUT2D eigenvalue weighted by Gasteiger charge is 2.06. The zero-order valence-electron chi connectivity index (χ0n) is 7.87. The van der Waals surface area contributed by atoms with Gasteiger partial charge in [0.05, 0.1) is 0 Å². The maximum atomic E-state index is 5.47. The van der Waals surface area contributed by atoms with Gasteiger partial charge in [-0.25, -0.2) is 9.97 Å². The molecule has 0 radical (unpaired) electrons. The topological polar surface area (TPSA) is 38.9 Å². The van der Waals surface area contributed by atoms with Crippen LogP contribution in [0.25, 0.3) is 11.2 Å². The number of aromatic nitrogens is 2. The molecule has 3 nitrogen and oxygen atoms in total. The lowest BCUT2D eigenvalue weighted by molar-refractivity contribution is 0.517. The first-order chi connectivity index (χ1) is 6.31. The molecule has 0 N–H and O–H groups in total. The molecule has 0 unspecified atom stereocenters. The minimum absolute atomic E-state index is 0.656. The Balaban J connectivity index is 2.55. The summed E-state index contributed by atoms with van der Waals surface area (Å²) in [7, 11) is 0. The lowest BCUT2D eigenvalue weighted by Crippen LogP contribution is -1.81. The number of rotatable bonds is 2. The van der Waals surface area contributed by atoms with Crippen molar-refractivity contribution in [3.05, 3.63) is 23.7 Å². The maximum Gasteiger partial charge on any atom is 0.247 e. The van der Waals surface area contributed by atoms with Gasteiger partial charge in [-0.3, -0.25) is 0 Å². The SMILES string of the molecule is CCCc1nc2c(C)ccnc2o1. The molecule has 2 aromatic heterocycles. The summed E-state index contributed by atoms with van der Waals surface area (Å²) in [5, 5.41) is 0. The summed E-state index contributed by atoms with van der Waals surface area (Å²) in [4.78, 5) is 8.49. The summed E-state index contributed by atoms with van der Waals surface area (Å²) < 4.78 is 5.47. The van der Waals surface area contributed by atoms with Gasteiger partial charge in [-0.2, -0.15) is 0 Å². The molecule has 3 heteroatoms. The molecule has 0 bridgehead atoms. The van der Waals surface area contributed by atoms with Gasteiger partial charge < -0.3 is 4.42 Å². The van der Waals surface area contributed by atoms with Crippen LogP contribution in [0, 0.1) is 6.92 Å². The summed E-state index contributed by atoms with van der Waals surface area (Å²) in [5.74, 6) is 0.791. The van der Waals surface area contributed by atoms with Gasteiger partial charge in [-0.1, -0.05) is 6.92 Å². The Bertz CT molecular complexity index is 420. The van der Waals surface area contributed by atoms with Crippen molar-refractivity contribution < 1.29 is 4.42 Å². The monoisotopic (exact) mass is 176 g/mol. The zero-order valence-corrected chi connectivity index (χ0v) is 7.87. The Hall–Kier alpha value is -1.38. The first kappa shape index (κ1) is 8.23. The number of hydrogen-bond donors (Lipinski definition) is 0. The molecule has 0 aromatic carbocycles. The van der Waals surface area contributed by atoms with Crippen LogP contribution in [0.5, 0.6) is 0 Å². The minimum atomic E-state index is 0.656. The van der Waals surface area contributed by atoms with Crippen LogP contribution in [-0.2, 0) is 6.42 Å². The number of oxazole rings is 1. The van der Waals surface area contributed by atoms with Gasteiger partial charge in [-0.05, 0) is 25.0 Å². The van der Waals surface area contributed by atoms with E-state index in [0.717, 1.165) is 29.8 Å². The van der Waals surface area contributed by atoms with E-state index in [0.29, 0.717) is 5.71 Å². The third-order valence-electron chi connectivity index (χ3n) is 2.01. The zero-order chi connectivity index (χ0) is 9.26. The van der Waals surface area contributed by atoms with Crippen LogP contribution in [-0.4, -0.2) is 9.97 Å². The van der Waals surface area contributed by atoms with Gasteiger partial charge in [0.2, 0.25) is 5.71 Å². The predicted octanol–water partition coefficient (Wildman–Crippen LogP) is 2.48. The molecule has 2 rings (SSSR count). The lowest BCUT2D eigenvalue weighted by atomic mass is 10.3. The molecule has 0 atom stereocenters. The van der Waals surface area contributed by atoms with Crippen molar-refractivity contribution >= 4 is 11.2 Å². The molecule has 2 aromatic rings. The minimum Gasteiger partial charge on any atom is -0.422 e. The largest absolute Gasteiger partial charge is 0.422 e. The molecule has 0 aliphatic heterocycles. The van der Waals surface area contributed by atoms with E-state index < -0.39 is 0 Å². The van der Waals surface area contributed by atoms with Gasteiger partial charge in [0.25, 0.3) is 0 Å². The molecule has 0 aliphatic carbocycles. The van der Waals surface area contributed by atoms with Crippen molar-refractivity contribution in [2.75, 3.05) is 0 Å². The summed E-state index contributed by atoms with van der Waals surface area (Å²) >= 11 is 0. The van der Waals surface area contributed by atoms with Crippen LogP contribution in [0.15, 0.2) is 16.7 Å². The van der Waals surface area contributed by atoms with Crippen molar-refractivity contribution in [3.8, 4) is 0 Å². The van der Waals surface area contributed by atoms with Gasteiger partial charge in [0.1, 0.15) is 5.52 Å². The number of pyridine rings is 1. The maximum absolute atomic E-state index is 5.47. The third-order valence-corrected chi connectivity index (χ3v) is 2.01. The molecule has 0 saturated heterocycles. The van der Waals surface area contributed by atoms with Crippen molar-refractivity contribution in [1.29, 1.82) is 0 Å². The van der Waals surface area contributed by atoms with Crippen molar-refractivity contribution in [2.45, 2.75) is 26.7 Å². The van der Waals surface area contributed by atoms with E-state index in [2.05, 4.69) is 16.9 Å². The molecule has 0 saturated carbocycles. The van der Waals surface area contributed by atoms with E-state index in [4.69, 9.17) is 4.42 Å². The molecule has 0 fully saturated rings. The molecule has 0 aliphatic rings. The highest BCUT2D eigenvalue weighted by atomic mass is 16.4. The van der Waals surface area contributed by atoms with Gasteiger partial charge in [-0.15, -0.1) is 0 Å². The average molecular weight is 176 g/mol.